The number of halogens is 2. The van der Waals surface area contributed by atoms with E-state index < -0.39 is 23.2 Å². The van der Waals surface area contributed by atoms with E-state index in [4.69, 9.17) is 16.7 Å². The molecule has 1 aliphatic carbocycles. The quantitative estimate of drug-likeness (QED) is 0.881. The van der Waals surface area contributed by atoms with E-state index >= 15 is 0 Å². The van der Waals surface area contributed by atoms with Gasteiger partial charge in [-0.1, -0.05) is 41.4 Å². The lowest BCUT2D eigenvalue weighted by Crippen LogP contribution is -2.17. The zero-order valence-electron chi connectivity index (χ0n) is 10.4. The number of carboxylic acid groups (broad SMARTS) is 1. The van der Waals surface area contributed by atoms with E-state index in [-0.39, 0.29) is 5.91 Å². The Balaban J connectivity index is 2.13. The molecule has 1 amide bonds. The lowest BCUT2D eigenvalue weighted by molar-refractivity contribution is -0.140. The molecule has 0 bridgehead atoms. The second-order valence-corrected chi connectivity index (χ2v) is 6.55. The molecule has 4 nitrogen and oxygen atoms in total. The minimum Gasteiger partial charge on any atom is -0.481 e. The minimum absolute atomic E-state index is 0.304. The number of carbonyl (C=O) groups is 2. The van der Waals surface area contributed by atoms with Crippen LogP contribution in [-0.2, 0) is 9.59 Å². The van der Waals surface area contributed by atoms with Crippen LogP contribution >= 0.6 is 27.5 Å². The number of anilines is 1. The molecule has 2 N–H and O–H groups in total. The Morgan fingerprint density at radius 1 is 1.37 bits per heavy atom. The lowest BCUT2D eigenvalue weighted by atomic mass is 10.1. The van der Waals surface area contributed by atoms with Crippen molar-refractivity contribution in [1.82, 2.24) is 0 Å². The summed E-state index contributed by atoms with van der Waals surface area (Å²) in [7, 11) is 0. The molecule has 1 aromatic carbocycles. The molecule has 2 unspecified atom stereocenters. The number of hydrogen-bond donors (Lipinski definition) is 2. The number of nitrogens with one attached hydrogen (secondary N) is 1. The molecule has 1 aliphatic rings. The van der Waals surface area contributed by atoms with Crippen LogP contribution in [0.1, 0.15) is 13.8 Å². The number of amides is 1. The Hall–Kier alpha value is -1.07. The molecule has 0 radical (unpaired) electrons. The second kappa shape index (κ2) is 4.80. The van der Waals surface area contributed by atoms with Crippen molar-refractivity contribution >= 4 is 45.1 Å². The lowest BCUT2D eigenvalue weighted by Gasteiger charge is -2.08. The normalized spacial score (nSPS) is 23.8. The summed E-state index contributed by atoms with van der Waals surface area (Å²) in [5.74, 6) is -2.40. The van der Waals surface area contributed by atoms with E-state index in [9.17, 15) is 9.59 Å². The van der Waals surface area contributed by atoms with E-state index in [1.165, 1.54) is 0 Å². The van der Waals surface area contributed by atoms with Gasteiger partial charge in [-0.25, -0.2) is 0 Å². The molecule has 0 spiro atoms. The monoisotopic (exact) mass is 345 g/mol. The number of aliphatic carboxylic acids is 1. The second-order valence-electron chi connectivity index (χ2n) is 5.23. The van der Waals surface area contributed by atoms with Gasteiger partial charge in [0.15, 0.2) is 0 Å². The first kappa shape index (κ1) is 14.3. The Morgan fingerprint density at radius 3 is 2.47 bits per heavy atom. The number of carbonyl (C=O) groups excluding carboxylic acids is 1. The van der Waals surface area contributed by atoms with Gasteiger partial charge in [-0.3, -0.25) is 9.59 Å². The molecule has 1 aromatic rings. The van der Waals surface area contributed by atoms with Gasteiger partial charge in [-0.05, 0) is 23.6 Å². The van der Waals surface area contributed by atoms with Crippen LogP contribution in [0.15, 0.2) is 22.7 Å². The Bertz CT molecular complexity index is 559. The molecule has 0 heterocycles. The SMILES string of the molecule is CC1(C)C(C(=O)O)C1C(=O)Nc1ccc(Br)cc1Cl. The van der Waals surface area contributed by atoms with Crippen LogP contribution in [0.2, 0.25) is 5.02 Å². The van der Waals surface area contributed by atoms with Gasteiger partial charge in [-0.2, -0.15) is 0 Å². The van der Waals surface area contributed by atoms with Gasteiger partial charge in [0.25, 0.3) is 0 Å². The number of benzene rings is 1. The fourth-order valence-corrected chi connectivity index (χ4v) is 3.11. The van der Waals surface area contributed by atoms with Crippen molar-refractivity contribution in [1.29, 1.82) is 0 Å². The molecular weight excluding hydrogens is 334 g/mol. The largest absolute Gasteiger partial charge is 0.481 e. The topological polar surface area (TPSA) is 66.4 Å². The molecule has 0 saturated heterocycles. The van der Waals surface area contributed by atoms with Crippen molar-refractivity contribution in [2.24, 2.45) is 17.3 Å². The average Bonchev–Trinajstić information content (AvgIpc) is 2.86. The van der Waals surface area contributed by atoms with E-state index in [0.29, 0.717) is 10.7 Å². The molecule has 6 heteroatoms. The first-order valence-corrected chi connectivity index (χ1v) is 6.91. The smallest absolute Gasteiger partial charge is 0.307 e. The molecule has 19 heavy (non-hydrogen) atoms. The highest BCUT2D eigenvalue weighted by Gasteiger charge is 2.65. The van der Waals surface area contributed by atoms with Crippen LogP contribution in [0.3, 0.4) is 0 Å². The van der Waals surface area contributed by atoms with Crippen molar-refractivity contribution in [3.8, 4) is 0 Å². The van der Waals surface area contributed by atoms with Crippen molar-refractivity contribution in [2.75, 3.05) is 5.32 Å². The van der Waals surface area contributed by atoms with E-state index in [1.54, 1.807) is 32.0 Å². The van der Waals surface area contributed by atoms with Crippen LogP contribution in [-0.4, -0.2) is 17.0 Å². The van der Waals surface area contributed by atoms with Gasteiger partial charge >= 0.3 is 5.97 Å². The fraction of sp³-hybridized carbons (Fsp3) is 0.385. The highest BCUT2D eigenvalue weighted by Crippen LogP contribution is 2.58. The summed E-state index contributed by atoms with van der Waals surface area (Å²) >= 11 is 9.28. The molecule has 1 fully saturated rings. The average molecular weight is 347 g/mol. The van der Waals surface area contributed by atoms with Crippen LogP contribution < -0.4 is 5.32 Å². The van der Waals surface area contributed by atoms with E-state index in [2.05, 4.69) is 21.2 Å². The predicted octanol–water partition coefficient (Wildman–Crippen LogP) is 3.40. The van der Waals surface area contributed by atoms with Gasteiger partial charge in [0, 0.05) is 4.47 Å². The van der Waals surface area contributed by atoms with Crippen molar-refractivity contribution in [2.45, 2.75) is 13.8 Å². The number of rotatable bonds is 3. The van der Waals surface area contributed by atoms with Gasteiger partial charge in [-0.15, -0.1) is 0 Å². The standard InChI is InChI=1S/C13H13BrClNO3/c1-13(2)9(10(13)12(18)19)11(17)16-8-4-3-6(14)5-7(8)15/h3-5,9-10H,1-2H3,(H,16,17)(H,18,19). The maximum absolute atomic E-state index is 12.1. The molecular formula is C13H13BrClNO3. The first-order valence-electron chi connectivity index (χ1n) is 5.74. The van der Waals surface area contributed by atoms with Gasteiger partial charge < -0.3 is 10.4 Å². The van der Waals surface area contributed by atoms with Crippen LogP contribution in [0.4, 0.5) is 5.69 Å². The third-order valence-electron chi connectivity index (χ3n) is 3.56. The summed E-state index contributed by atoms with van der Waals surface area (Å²) < 4.78 is 0.811. The Labute approximate surface area is 124 Å². The number of hydrogen-bond acceptors (Lipinski definition) is 2. The fourth-order valence-electron chi connectivity index (χ4n) is 2.39. The van der Waals surface area contributed by atoms with Gasteiger partial charge in [0.2, 0.25) is 5.91 Å². The molecule has 102 valence electrons. The molecule has 2 atom stereocenters. The van der Waals surface area contributed by atoms with Gasteiger partial charge in [0.1, 0.15) is 0 Å². The first-order chi connectivity index (χ1) is 8.75. The van der Waals surface area contributed by atoms with Crippen LogP contribution in [0.5, 0.6) is 0 Å². The minimum atomic E-state index is -0.938. The molecule has 1 saturated carbocycles. The highest BCUT2D eigenvalue weighted by atomic mass is 79.9. The summed E-state index contributed by atoms with van der Waals surface area (Å²) in [6, 6.07) is 5.10. The number of carboxylic acids is 1. The van der Waals surface area contributed by atoms with Crippen LogP contribution in [0.25, 0.3) is 0 Å². The maximum Gasteiger partial charge on any atom is 0.307 e. The summed E-state index contributed by atoms with van der Waals surface area (Å²) in [4.78, 5) is 23.1. The molecule has 0 aromatic heterocycles. The Kier molecular flexibility index (Phi) is 3.62. The third-order valence-corrected chi connectivity index (χ3v) is 4.37. The summed E-state index contributed by atoms with van der Waals surface area (Å²) in [6.07, 6.45) is 0. The van der Waals surface area contributed by atoms with E-state index in [1.807, 2.05) is 0 Å². The molecule has 0 aliphatic heterocycles. The van der Waals surface area contributed by atoms with E-state index in [0.717, 1.165) is 4.47 Å². The van der Waals surface area contributed by atoms with Crippen molar-refractivity contribution < 1.29 is 14.7 Å². The van der Waals surface area contributed by atoms with Crippen molar-refractivity contribution in [3.63, 3.8) is 0 Å². The zero-order valence-corrected chi connectivity index (χ0v) is 12.7. The third kappa shape index (κ3) is 2.62. The zero-order chi connectivity index (χ0) is 14.4. The summed E-state index contributed by atoms with van der Waals surface area (Å²) in [6.45, 7) is 3.55. The molecule has 2 rings (SSSR count). The van der Waals surface area contributed by atoms with Gasteiger partial charge in [0.05, 0.1) is 22.5 Å². The predicted molar refractivity (Wildman–Crippen MR) is 76.2 cm³/mol. The van der Waals surface area contributed by atoms with Crippen LogP contribution in [0, 0.1) is 17.3 Å². The maximum atomic E-state index is 12.1. The van der Waals surface area contributed by atoms with Crippen molar-refractivity contribution in [3.05, 3.63) is 27.7 Å². The summed E-state index contributed by atoms with van der Waals surface area (Å²) in [5.41, 5.74) is -0.0284. The Morgan fingerprint density at radius 2 is 2.00 bits per heavy atom. The summed E-state index contributed by atoms with van der Waals surface area (Å²) in [5, 5.41) is 12.1. The highest BCUT2D eigenvalue weighted by molar-refractivity contribution is 9.10.